The first-order valence-corrected chi connectivity index (χ1v) is 20.7. The van der Waals surface area contributed by atoms with E-state index in [4.69, 9.17) is 9.26 Å². The van der Waals surface area contributed by atoms with Crippen molar-refractivity contribution in [2.45, 2.75) is 55.8 Å². The number of rotatable bonds is 11. The standard InChI is InChI=1S/C40H43N9O7S/c1-55-34-17-26(23-47-13-3-11-42-47)18-35-37(34)38(44-56-35)45-57(53,54)31-5-2-4-29(20-31)48-15-12-41-21-30(48)16-25-10-14-46(22-25)28-6-7-32-27(19-28)24-49(40(32)52)33-8-9-36(50)43-39(33)51/h2-7,11,13,17-20,25,30,33,41H,8-10,12,14-16,21-24H2,1H3,(H,44,45)(H,43,50,51). The third-order valence-corrected chi connectivity index (χ3v) is 12.9. The molecule has 2 aromatic heterocycles. The summed E-state index contributed by atoms with van der Waals surface area (Å²) in [5.41, 5.74) is 4.62. The zero-order chi connectivity index (χ0) is 39.3. The SMILES string of the molecule is COc1cc(Cn2cccn2)cc2onc(NS(=O)(=O)c3cccc(N4CCNCC4CC4CCN(c5ccc6c(c5)CN(C5CCC(=O)NC5=O)C6=O)C4)c3)c12. The van der Waals surface area contributed by atoms with E-state index < -0.39 is 22.0 Å². The van der Waals surface area contributed by atoms with Gasteiger partial charge in [0, 0.05) is 81.1 Å². The molecule has 57 heavy (non-hydrogen) atoms. The number of benzene rings is 3. The molecule has 9 rings (SSSR count). The molecule has 3 aromatic carbocycles. The summed E-state index contributed by atoms with van der Waals surface area (Å²) >= 11 is 0. The Morgan fingerprint density at radius 1 is 1.00 bits per heavy atom. The molecule has 0 aliphatic carbocycles. The van der Waals surface area contributed by atoms with Crippen LogP contribution in [0, 0.1) is 5.92 Å². The molecular weight excluding hydrogens is 751 g/mol. The second-order valence-corrected chi connectivity index (χ2v) is 16.8. The number of nitrogens with one attached hydrogen (secondary N) is 3. The van der Waals surface area contributed by atoms with Crippen molar-refractivity contribution in [3.63, 3.8) is 0 Å². The van der Waals surface area contributed by atoms with Crippen molar-refractivity contribution in [2.75, 3.05) is 54.4 Å². The van der Waals surface area contributed by atoms with Crippen LogP contribution in [0.1, 0.15) is 47.2 Å². The molecule has 296 valence electrons. The molecular formula is C40H43N9O7S. The predicted octanol–water partition coefficient (Wildman–Crippen LogP) is 3.34. The lowest BCUT2D eigenvalue weighted by Crippen LogP contribution is -2.52. The Morgan fingerprint density at radius 3 is 2.72 bits per heavy atom. The molecule has 0 radical (unpaired) electrons. The summed E-state index contributed by atoms with van der Waals surface area (Å²) in [6.07, 6.45) is 6.02. The lowest BCUT2D eigenvalue weighted by Gasteiger charge is -2.39. The van der Waals surface area contributed by atoms with Crippen LogP contribution in [-0.4, -0.2) is 97.9 Å². The lowest BCUT2D eigenvalue weighted by atomic mass is 9.96. The molecule has 17 heteroatoms. The number of hydrogen-bond donors (Lipinski definition) is 3. The molecule has 3 unspecified atom stereocenters. The number of piperazine rings is 1. The molecule has 0 saturated carbocycles. The zero-order valence-electron chi connectivity index (χ0n) is 31.4. The number of methoxy groups -OCH3 is 1. The van der Waals surface area contributed by atoms with Crippen LogP contribution in [0.3, 0.4) is 0 Å². The molecule has 0 bridgehead atoms. The third kappa shape index (κ3) is 7.16. The van der Waals surface area contributed by atoms with Crippen LogP contribution in [0.15, 0.2) is 82.5 Å². The minimum atomic E-state index is -4.06. The van der Waals surface area contributed by atoms with Crippen molar-refractivity contribution < 1.29 is 32.1 Å². The highest BCUT2D eigenvalue weighted by Gasteiger charge is 2.39. The van der Waals surface area contributed by atoms with Gasteiger partial charge in [0.25, 0.3) is 15.9 Å². The Balaban J connectivity index is 0.869. The first-order valence-electron chi connectivity index (χ1n) is 19.2. The molecule has 0 spiro atoms. The van der Waals surface area contributed by atoms with Gasteiger partial charge < -0.3 is 29.3 Å². The lowest BCUT2D eigenvalue weighted by molar-refractivity contribution is -0.136. The van der Waals surface area contributed by atoms with Crippen LogP contribution in [0.25, 0.3) is 11.0 Å². The Hall–Kier alpha value is -5.94. The number of hydrogen-bond acceptors (Lipinski definition) is 12. The number of imide groups is 1. The molecule has 3 fully saturated rings. The number of carbonyl (C=O) groups is 3. The number of aromatic nitrogens is 3. The summed E-state index contributed by atoms with van der Waals surface area (Å²) in [6, 6.07) is 17.9. The quantitative estimate of drug-likeness (QED) is 0.166. The number of anilines is 3. The van der Waals surface area contributed by atoms with Gasteiger partial charge in [-0.2, -0.15) is 5.10 Å². The largest absolute Gasteiger partial charge is 0.496 e. The van der Waals surface area contributed by atoms with E-state index in [1.54, 1.807) is 40.0 Å². The first-order chi connectivity index (χ1) is 27.6. The van der Waals surface area contributed by atoms with E-state index in [0.29, 0.717) is 47.7 Å². The fourth-order valence-corrected chi connectivity index (χ4v) is 9.77. The maximum absolute atomic E-state index is 13.9. The van der Waals surface area contributed by atoms with Crippen LogP contribution in [0.4, 0.5) is 17.2 Å². The Kier molecular flexibility index (Phi) is 9.56. The van der Waals surface area contributed by atoms with Crippen LogP contribution in [-0.2, 0) is 32.7 Å². The number of carbonyl (C=O) groups excluding carboxylic acids is 3. The van der Waals surface area contributed by atoms with E-state index >= 15 is 0 Å². The Morgan fingerprint density at radius 2 is 1.89 bits per heavy atom. The van der Waals surface area contributed by atoms with Crippen LogP contribution in [0.5, 0.6) is 5.75 Å². The van der Waals surface area contributed by atoms with Gasteiger partial charge in [0.15, 0.2) is 11.4 Å². The molecule has 3 saturated heterocycles. The van der Waals surface area contributed by atoms with E-state index in [-0.39, 0.29) is 35.0 Å². The third-order valence-electron chi connectivity index (χ3n) is 11.5. The molecule has 16 nitrogen and oxygen atoms in total. The summed E-state index contributed by atoms with van der Waals surface area (Å²) in [7, 11) is -2.54. The van der Waals surface area contributed by atoms with Gasteiger partial charge in [-0.05, 0) is 90.9 Å². The van der Waals surface area contributed by atoms with Gasteiger partial charge in [-0.3, -0.25) is 29.1 Å². The van der Waals surface area contributed by atoms with Crippen molar-refractivity contribution >= 4 is 55.9 Å². The first kappa shape index (κ1) is 36.7. The van der Waals surface area contributed by atoms with Crippen LogP contribution < -0.4 is 29.9 Å². The Bertz CT molecular complexity index is 2470. The fourth-order valence-electron chi connectivity index (χ4n) is 8.72. The number of fused-ring (bicyclic) bond motifs is 2. The molecule has 4 aliphatic heterocycles. The number of nitrogens with zero attached hydrogens (tertiary/aromatic N) is 6. The van der Waals surface area contributed by atoms with Gasteiger partial charge in [0.1, 0.15) is 17.2 Å². The van der Waals surface area contributed by atoms with Crippen LogP contribution in [0.2, 0.25) is 0 Å². The van der Waals surface area contributed by atoms with Gasteiger partial charge in [-0.15, -0.1) is 0 Å². The minimum absolute atomic E-state index is 0.0466. The van der Waals surface area contributed by atoms with E-state index in [2.05, 4.69) is 41.5 Å². The number of sulfonamides is 1. The number of piperidine rings is 1. The maximum Gasteiger partial charge on any atom is 0.263 e. The summed E-state index contributed by atoms with van der Waals surface area (Å²) in [5, 5.41) is 14.7. The number of ether oxygens (including phenoxy) is 1. The van der Waals surface area contributed by atoms with Crippen molar-refractivity contribution in [1.29, 1.82) is 0 Å². The van der Waals surface area contributed by atoms with E-state index in [1.165, 1.54) is 7.11 Å². The zero-order valence-corrected chi connectivity index (χ0v) is 32.2. The molecule has 3 amide bonds. The summed E-state index contributed by atoms with van der Waals surface area (Å²) in [5.74, 6) is -0.0136. The normalized spacial score (nSPS) is 21.3. The highest BCUT2D eigenvalue weighted by atomic mass is 32.2. The molecule has 6 heterocycles. The van der Waals surface area contributed by atoms with E-state index in [0.717, 1.165) is 68.1 Å². The summed E-state index contributed by atoms with van der Waals surface area (Å²) in [4.78, 5) is 43.8. The average molecular weight is 794 g/mol. The highest BCUT2D eigenvalue weighted by Crippen LogP contribution is 2.37. The summed E-state index contributed by atoms with van der Waals surface area (Å²) in [6.45, 7) is 4.83. The average Bonchev–Trinajstić information content (AvgIpc) is 4.03. The monoisotopic (exact) mass is 793 g/mol. The van der Waals surface area contributed by atoms with Gasteiger partial charge >= 0.3 is 0 Å². The highest BCUT2D eigenvalue weighted by molar-refractivity contribution is 7.92. The van der Waals surface area contributed by atoms with E-state index in [1.807, 2.05) is 36.5 Å². The van der Waals surface area contributed by atoms with Crippen molar-refractivity contribution in [1.82, 2.24) is 30.5 Å². The topological polar surface area (TPSA) is 184 Å². The van der Waals surface area contributed by atoms with Crippen LogP contribution >= 0.6 is 0 Å². The Labute approximate surface area is 329 Å². The van der Waals surface area contributed by atoms with Gasteiger partial charge in [-0.25, -0.2) is 8.42 Å². The smallest absolute Gasteiger partial charge is 0.263 e. The minimum Gasteiger partial charge on any atom is -0.496 e. The van der Waals surface area contributed by atoms with Crippen molar-refractivity contribution in [2.24, 2.45) is 5.92 Å². The molecule has 3 N–H and O–H groups in total. The van der Waals surface area contributed by atoms with Gasteiger partial charge in [-0.1, -0.05) is 11.2 Å². The van der Waals surface area contributed by atoms with Crippen molar-refractivity contribution in [3.8, 4) is 5.75 Å². The molecule has 4 aliphatic rings. The summed E-state index contributed by atoms with van der Waals surface area (Å²) < 4.78 is 43.4. The van der Waals surface area contributed by atoms with Gasteiger partial charge in [0.2, 0.25) is 11.8 Å². The van der Waals surface area contributed by atoms with Gasteiger partial charge in [0.05, 0.1) is 18.6 Å². The fraction of sp³-hybridized carbons (Fsp3) is 0.375. The number of amides is 3. The molecule has 5 aromatic rings. The molecule has 3 atom stereocenters. The second kappa shape index (κ2) is 14.9. The van der Waals surface area contributed by atoms with Crippen molar-refractivity contribution in [3.05, 3.63) is 89.7 Å². The predicted molar refractivity (Wildman–Crippen MR) is 211 cm³/mol. The second-order valence-electron chi connectivity index (χ2n) is 15.1. The maximum atomic E-state index is 13.9. The van der Waals surface area contributed by atoms with E-state index in [9.17, 15) is 22.8 Å².